The molecule has 0 saturated carbocycles. The van der Waals surface area contributed by atoms with E-state index in [1.165, 1.54) is 5.56 Å². The Labute approximate surface area is 150 Å². The van der Waals surface area contributed by atoms with Gasteiger partial charge in [0.2, 0.25) is 0 Å². The molecule has 134 valence electrons. The lowest BCUT2D eigenvalue weighted by Gasteiger charge is -2.30. The van der Waals surface area contributed by atoms with E-state index in [2.05, 4.69) is 54.5 Å². The van der Waals surface area contributed by atoms with E-state index in [1.54, 1.807) is 0 Å². The van der Waals surface area contributed by atoms with Crippen LogP contribution in [0.4, 0.5) is 0 Å². The third kappa shape index (κ3) is 4.39. The average molecular weight is 340 g/mol. The number of morpholine rings is 1. The summed E-state index contributed by atoms with van der Waals surface area (Å²) in [4.78, 5) is 15.0. The lowest BCUT2D eigenvalue weighted by atomic mass is 10.1. The molecule has 4 nitrogen and oxygen atoms in total. The van der Waals surface area contributed by atoms with E-state index in [-0.39, 0.29) is 11.9 Å². The van der Waals surface area contributed by atoms with Gasteiger partial charge in [0, 0.05) is 36.6 Å². The number of benzene rings is 1. The minimum Gasteiger partial charge on any atom is -0.376 e. The van der Waals surface area contributed by atoms with Crippen molar-refractivity contribution in [1.29, 1.82) is 0 Å². The van der Waals surface area contributed by atoms with Gasteiger partial charge in [0.15, 0.2) is 5.78 Å². The zero-order chi connectivity index (χ0) is 17.8. The molecule has 3 rings (SSSR count). The third-order valence-electron chi connectivity index (χ3n) is 5.03. The molecule has 0 amide bonds. The Bertz CT molecular complexity index is 721. The van der Waals surface area contributed by atoms with Crippen LogP contribution < -0.4 is 0 Å². The molecule has 1 saturated heterocycles. The van der Waals surface area contributed by atoms with Crippen molar-refractivity contribution >= 4 is 5.78 Å². The summed E-state index contributed by atoms with van der Waals surface area (Å²) < 4.78 is 7.83. The number of hydrogen-bond acceptors (Lipinski definition) is 3. The maximum Gasteiger partial charge on any atom is 0.178 e. The molecular formula is C21H28N2O2. The van der Waals surface area contributed by atoms with Crippen molar-refractivity contribution in [2.24, 2.45) is 0 Å². The van der Waals surface area contributed by atoms with Crippen LogP contribution in [0.15, 0.2) is 36.4 Å². The van der Waals surface area contributed by atoms with Gasteiger partial charge in [-0.15, -0.1) is 0 Å². The largest absolute Gasteiger partial charge is 0.376 e. The number of rotatable bonds is 6. The molecule has 1 aromatic heterocycles. The Morgan fingerprint density at radius 3 is 2.72 bits per heavy atom. The number of carbonyl (C=O) groups is 1. The minimum atomic E-state index is 0.208. The average Bonchev–Trinajstić information content (AvgIpc) is 2.88. The summed E-state index contributed by atoms with van der Waals surface area (Å²) >= 11 is 0. The lowest BCUT2D eigenvalue weighted by Crippen LogP contribution is -2.43. The van der Waals surface area contributed by atoms with Crippen molar-refractivity contribution in [3.05, 3.63) is 58.9 Å². The maximum absolute atomic E-state index is 12.8. The van der Waals surface area contributed by atoms with Gasteiger partial charge in [0.25, 0.3) is 0 Å². The molecule has 1 aliphatic heterocycles. The van der Waals surface area contributed by atoms with Crippen molar-refractivity contribution in [3.8, 4) is 0 Å². The molecule has 0 bridgehead atoms. The van der Waals surface area contributed by atoms with Gasteiger partial charge in [-0.1, -0.05) is 30.3 Å². The van der Waals surface area contributed by atoms with Crippen LogP contribution in [0.1, 0.15) is 34.2 Å². The second kappa shape index (κ2) is 7.98. The number of ether oxygens (including phenoxy) is 1. The van der Waals surface area contributed by atoms with Gasteiger partial charge in [0.1, 0.15) is 0 Å². The third-order valence-corrected chi connectivity index (χ3v) is 5.03. The first kappa shape index (κ1) is 17.9. The zero-order valence-electron chi connectivity index (χ0n) is 15.5. The van der Waals surface area contributed by atoms with Crippen LogP contribution in [-0.2, 0) is 17.7 Å². The molecule has 1 unspecified atom stereocenters. The fourth-order valence-electron chi connectivity index (χ4n) is 3.64. The van der Waals surface area contributed by atoms with E-state index in [0.29, 0.717) is 13.2 Å². The minimum absolute atomic E-state index is 0.208. The first-order chi connectivity index (χ1) is 12.0. The van der Waals surface area contributed by atoms with Gasteiger partial charge in [-0.2, -0.15) is 0 Å². The van der Waals surface area contributed by atoms with Gasteiger partial charge in [-0.25, -0.2) is 0 Å². The molecule has 0 aliphatic carbocycles. The van der Waals surface area contributed by atoms with Crippen molar-refractivity contribution < 1.29 is 9.53 Å². The van der Waals surface area contributed by atoms with Crippen LogP contribution in [0.3, 0.4) is 0 Å². The SMILES string of the molecule is Cc1cc(C(=O)CN2CCOC(C)C2)c(C)n1CCc1ccccc1. The second-order valence-electron chi connectivity index (χ2n) is 7.01. The van der Waals surface area contributed by atoms with Gasteiger partial charge >= 0.3 is 0 Å². The Kier molecular flexibility index (Phi) is 5.71. The predicted octanol–water partition coefficient (Wildman–Crippen LogP) is 3.25. The van der Waals surface area contributed by atoms with E-state index in [0.717, 1.165) is 43.0 Å². The number of nitrogens with zero attached hydrogens (tertiary/aromatic N) is 2. The van der Waals surface area contributed by atoms with Gasteiger partial charge in [0.05, 0.1) is 19.3 Å². The maximum atomic E-state index is 12.8. The molecule has 4 heteroatoms. The Hall–Kier alpha value is -1.91. The van der Waals surface area contributed by atoms with Crippen LogP contribution in [0.25, 0.3) is 0 Å². The van der Waals surface area contributed by atoms with Crippen molar-refractivity contribution in [2.45, 2.75) is 39.8 Å². The summed E-state index contributed by atoms with van der Waals surface area (Å²) in [6.45, 7) is 9.98. The van der Waals surface area contributed by atoms with Crippen LogP contribution >= 0.6 is 0 Å². The molecule has 0 spiro atoms. The van der Waals surface area contributed by atoms with Gasteiger partial charge in [-0.05, 0) is 38.8 Å². The van der Waals surface area contributed by atoms with Crippen molar-refractivity contribution in [3.63, 3.8) is 0 Å². The highest BCUT2D eigenvalue weighted by atomic mass is 16.5. The summed E-state index contributed by atoms with van der Waals surface area (Å²) in [6.07, 6.45) is 1.19. The number of ketones is 1. The Morgan fingerprint density at radius 1 is 1.24 bits per heavy atom. The molecule has 1 atom stereocenters. The number of hydrogen-bond donors (Lipinski definition) is 0. The summed E-state index contributed by atoms with van der Waals surface area (Å²) in [5.41, 5.74) is 4.43. The van der Waals surface area contributed by atoms with Crippen LogP contribution in [0.5, 0.6) is 0 Å². The van der Waals surface area contributed by atoms with Crippen molar-refractivity contribution in [1.82, 2.24) is 9.47 Å². The first-order valence-electron chi connectivity index (χ1n) is 9.12. The fourth-order valence-corrected chi connectivity index (χ4v) is 3.64. The molecule has 1 aromatic carbocycles. The molecule has 1 aliphatic rings. The predicted molar refractivity (Wildman–Crippen MR) is 100 cm³/mol. The smallest absolute Gasteiger partial charge is 0.178 e. The van der Waals surface area contributed by atoms with Gasteiger partial charge in [-0.3, -0.25) is 9.69 Å². The van der Waals surface area contributed by atoms with Crippen LogP contribution in [0.2, 0.25) is 0 Å². The van der Waals surface area contributed by atoms with E-state index >= 15 is 0 Å². The van der Waals surface area contributed by atoms with Crippen LogP contribution in [-0.4, -0.2) is 47.6 Å². The number of Topliss-reactive ketones (excluding diaryl/α,β-unsaturated/α-hetero) is 1. The molecular weight excluding hydrogens is 312 g/mol. The normalized spacial score (nSPS) is 18.4. The molecule has 0 N–H and O–H groups in total. The molecule has 25 heavy (non-hydrogen) atoms. The van der Waals surface area contributed by atoms with Gasteiger partial charge < -0.3 is 9.30 Å². The summed E-state index contributed by atoms with van der Waals surface area (Å²) in [7, 11) is 0. The van der Waals surface area contributed by atoms with Crippen LogP contribution in [0, 0.1) is 13.8 Å². The van der Waals surface area contributed by atoms with E-state index in [4.69, 9.17) is 4.74 Å². The fraction of sp³-hybridized carbons (Fsp3) is 0.476. The van der Waals surface area contributed by atoms with E-state index in [1.807, 2.05) is 12.1 Å². The highest BCUT2D eigenvalue weighted by Gasteiger charge is 2.22. The Morgan fingerprint density at radius 2 is 2.00 bits per heavy atom. The van der Waals surface area contributed by atoms with E-state index in [9.17, 15) is 4.79 Å². The van der Waals surface area contributed by atoms with Crippen molar-refractivity contribution in [2.75, 3.05) is 26.2 Å². The second-order valence-corrected chi connectivity index (χ2v) is 7.01. The molecule has 1 fully saturated rings. The summed E-state index contributed by atoms with van der Waals surface area (Å²) in [5.74, 6) is 0.216. The number of carbonyl (C=O) groups excluding carboxylic acids is 1. The number of aromatic nitrogens is 1. The molecule has 0 radical (unpaired) electrons. The topological polar surface area (TPSA) is 34.5 Å². The first-order valence-corrected chi connectivity index (χ1v) is 9.12. The lowest BCUT2D eigenvalue weighted by molar-refractivity contribution is -0.0158. The Balaban J connectivity index is 1.67. The highest BCUT2D eigenvalue weighted by molar-refractivity contribution is 5.99. The molecule has 2 heterocycles. The van der Waals surface area contributed by atoms with E-state index < -0.39 is 0 Å². The zero-order valence-corrected chi connectivity index (χ0v) is 15.5. The number of aryl methyl sites for hydroxylation is 2. The quantitative estimate of drug-likeness (QED) is 0.757. The summed E-state index contributed by atoms with van der Waals surface area (Å²) in [6, 6.07) is 12.5. The highest BCUT2D eigenvalue weighted by Crippen LogP contribution is 2.18. The standard InChI is InChI=1S/C21H28N2O2/c1-16-13-20(21(24)15-22-11-12-25-17(2)14-22)18(3)23(16)10-9-19-7-5-4-6-8-19/h4-8,13,17H,9-12,14-15H2,1-3H3. The monoisotopic (exact) mass is 340 g/mol. The summed E-state index contributed by atoms with van der Waals surface area (Å²) in [5, 5.41) is 0. The molecule has 2 aromatic rings.